The van der Waals surface area contributed by atoms with E-state index in [1.54, 1.807) is 18.2 Å². The van der Waals surface area contributed by atoms with Crippen molar-refractivity contribution in [1.29, 1.82) is 0 Å². The van der Waals surface area contributed by atoms with E-state index in [0.29, 0.717) is 18.8 Å². The van der Waals surface area contributed by atoms with Gasteiger partial charge in [-0.2, -0.15) is 0 Å². The van der Waals surface area contributed by atoms with E-state index in [9.17, 15) is 9.35 Å². The second-order valence-corrected chi connectivity index (χ2v) is 12.0. The van der Waals surface area contributed by atoms with Crippen LogP contribution in [0.15, 0.2) is 16.7 Å². The minimum absolute atomic E-state index is 0.277. The first kappa shape index (κ1) is 22.9. The molecule has 1 unspecified atom stereocenters. The second kappa shape index (κ2) is 8.04. The molecule has 0 N–H and O–H groups in total. The lowest BCUT2D eigenvalue weighted by Gasteiger charge is -2.39. The van der Waals surface area contributed by atoms with E-state index in [0.717, 1.165) is 36.2 Å². The third-order valence-corrected chi connectivity index (χ3v) is 6.91. The van der Waals surface area contributed by atoms with E-state index >= 15 is 0 Å². The van der Waals surface area contributed by atoms with Gasteiger partial charge < -0.3 is 18.9 Å². The van der Waals surface area contributed by atoms with Crippen LogP contribution in [0.3, 0.4) is 0 Å². The zero-order valence-electron chi connectivity index (χ0n) is 19.1. The molecule has 8 heteroatoms. The van der Waals surface area contributed by atoms with Crippen LogP contribution in [0.25, 0.3) is 0 Å². The van der Waals surface area contributed by atoms with Crippen molar-refractivity contribution in [3.63, 3.8) is 0 Å². The molecule has 2 heterocycles. The highest BCUT2D eigenvalue weighted by molar-refractivity contribution is 7.91. The molecule has 1 atom stereocenters. The van der Waals surface area contributed by atoms with Gasteiger partial charge in [-0.25, -0.2) is 4.79 Å². The fourth-order valence-electron chi connectivity index (χ4n) is 3.84. The smallest absolute Gasteiger partial charge is 0.410 e. The van der Waals surface area contributed by atoms with Crippen molar-refractivity contribution in [2.75, 3.05) is 20.2 Å². The average molecular weight is 436 g/mol. The van der Waals surface area contributed by atoms with Gasteiger partial charge in [-0.3, -0.25) is 4.98 Å². The molecule has 1 aromatic heterocycles. The minimum atomic E-state index is -1.39. The van der Waals surface area contributed by atoms with Crippen LogP contribution in [-0.4, -0.2) is 56.8 Å². The molecule has 1 saturated heterocycles. The van der Waals surface area contributed by atoms with Crippen molar-refractivity contribution in [3.05, 3.63) is 23.5 Å². The summed E-state index contributed by atoms with van der Waals surface area (Å²) in [5.74, 6) is 0.659. The first-order chi connectivity index (χ1) is 13.8. The molecule has 2 aliphatic rings. The highest BCUT2D eigenvalue weighted by Crippen LogP contribution is 2.46. The molecular formula is C22H33N3O4S. The summed E-state index contributed by atoms with van der Waals surface area (Å²) in [7, 11) is 1.61. The van der Waals surface area contributed by atoms with Crippen LogP contribution < -0.4 is 4.74 Å². The van der Waals surface area contributed by atoms with Crippen LogP contribution in [0.1, 0.15) is 65.6 Å². The number of likely N-dealkylation sites (tertiary alicyclic amines) is 1. The van der Waals surface area contributed by atoms with E-state index in [-0.39, 0.29) is 11.5 Å². The summed E-state index contributed by atoms with van der Waals surface area (Å²) in [6, 6.07) is 1.94. The maximum atomic E-state index is 12.9. The van der Waals surface area contributed by atoms with Crippen LogP contribution in [0, 0.1) is 5.41 Å². The predicted octanol–water partition coefficient (Wildman–Crippen LogP) is 3.91. The molecule has 0 bridgehead atoms. The van der Waals surface area contributed by atoms with E-state index in [1.165, 1.54) is 0 Å². The molecule has 166 valence electrons. The maximum Gasteiger partial charge on any atom is 0.410 e. The third-order valence-electron chi connectivity index (χ3n) is 5.51. The highest BCUT2D eigenvalue weighted by atomic mass is 32.2. The van der Waals surface area contributed by atoms with E-state index in [4.69, 9.17) is 13.9 Å². The Morgan fingerprint density at radius 1 is 1.23 bits per heavy atom. The highest BCUT2D eigenvalue weighted by Gasteiger charge is 2.49. The normalized spacial score (nSPS) is 20.9. The van der Waals surface area contributed by atoms with Crippen molar-refractivity contribution in [2.24, 2.45) is 9.81 Å². The van der Waals surface area contributed by atoms with Crippen LogP contribution in [-0.2, 0) is 22.5 Å². The number of carbonyl (C=O) groups is 1. The number of amides is 1. The first-order valence-corrected chi connectivity index (χ1v) is 11.5. The average Bonchev–Trinajstić information content (AvgIpc) is 2.92. The number of fused-ring (bicyclic) bond motifs is 1. The Hall–Kier alpha value is -1.80. The van der Waals surface area contributed by atoms with Crippen molar-refractivity contribution in [2.45, 2.75) is 71.2 Å². The van der Waals surface area contributed by atoms with Gasteiger partial charge in [0.25, 0.3) is 0 Å². The summed E-state index contributed by atoms with van der Waals surface area (Å²) < 4.78 is 28.1. The zero-order chi connectivity index (χ0) is 22.3. The lowest BCUT2D eigenvalue weighted by molar-refractivity contribution is 0.0159. The molecule has 7 nitrogen and oxygen atoms in total. The Bertz CT molecular complexity index is 834. The number of nitrogens with zero attached hydrogens (tertiary/aromatic N) is 3. The molecule has 0 saturated carbocycles. The zero-order valence-corrected chi connectivity index (χ0v) is 19.9. The molecule has 3 rings (SSSR count). The molecule has 1 aromatic rings. The van der Waals surface area contributed by atoms with Gasteiger partial charge in [0.1, 0.15) is 33.2 Å². The Morgan fingerprint density at radius 3 is 2.40 bits per heavy atom. The molecule has 1 fully saturated rings. The maximum absolute atomic E-state index is 12.9. The Labute approximate surface area is 182 Å². The lowest BCUT2D eigenvalue weighted by atomic mass is 9.75. The largest absolute Gasteiger partial charge is 0.591 e. The fraction of sp³-hybridized carbons (Fsp3) is 0.682. The number of ether oxygens (including phenoxy) is 2. The van der Waals surface area contributed by atoms with Crippen LogP contribution >= 0.6 is 0 Å². The second-order valence-electron chi connectivity index (χ2n) is 10.1. The summed E-state index contributed by atoms with van der Waals surface area (Å²) in [6.45, 7) is 12.5. The molecule has 1 amide bonds. The van der Waals surface area contributed by atoms with Crippen molar-refractivity contribution in [3.8, 4) is 5.75 Å². The summed E-state index contributed by atoms with van der Waals surface area (Å²) in [5.41, 5.74) is 1.90. The van der Waals surface area contributed by atoms with E-state index in [2.05, 4.69) is 4.98 Å². The molecule has 0 aromatic carbocycles. The standard InChI is InChI=1S/C22H33N3O4S/c1-20(2,3)29-19(26)25-10-8-22(9-11-25)13-17-16(12-15(28-7)14-23-17)18(22)24-30(27)21(4,5)6/h12,14H,8-11,13H2,1-7H3. The molecule has 1 aliphatic heterocycles. The van der Waals surface area contributed by atoms with Gasteiger partial charge in [-0.1, -0.05) is 4.40 Å². The number of piperidine rings is 1. The van der Waals surface area contributed by atoms with Crippen LogP contribution in [0.4, 0.5) is 4.79 Å². The number of carbonyl (C=O) groups excluding carboxylic acids is 1. The molecule has 0 radical (unpaired) electrons. The van der Waals surface area contributed by atoms with Gasteiger partial charge in [0.2, 0.25) is 0 Å². The third kappa shape index (κ3) is 4.75. The van der Waals surface area contributed by atoms with Gasteiger partial charge in [-0.05, 0) is 60.5 Å². The number of aromatic nitrogens is 1. The Morgan fingerprint density at radius 2 is 1.87 bits per heavy atom. The first-order valence-electron chi connectivity index (χ1n) is 10.4. The molecule has 30 heavy (non-hydrogen) atoms. The monoisotopic (exact) mass is 435 g/mol. The summed E-state index contributed by atoms with van der Waals surface area (Å²) in [5, 5.41) is 0. The number of pyridine rings is 1. The molecular weight excluding hydrogens is 402 g/mol. The lowest BCUT2D eigenvalue weighted by Crippen LogP contribution is -2.47. The van der Waals surface area contributed by atoms with Crippen molar-refractivity contribution < 1.29 is 18.8 Å². The van der Waals surface area contributed by atoms with Gasteiger partial charge in [-0.15, -0.1) is 0 Å². The number of methoxy groups -OCH3 is 1. The summed E-state index contributed by atoms with van der Waals surface area (Å²) in [6.07, 6.45) is 3.61. The Balaban J connectivity index is 1.90. The predicted molar refractivity (Wildman–Crippen MR) is 118 cm³/mol. The fourth-order valence-corrected chi connectivity index (χ4v) is 4.58. The topological polar surface area (TPSA) is 87.1 Å². The van der Waals surface area contributed by atoms with E-state index in [1.807, 2.05) is 47.6 Å². The van der Waals surface area contributed by atoms with Crippen LogP contribution in [0.2, 0.25) is 0 Å². The van der Waals surface area contributed by atoms with Gasteiger partial charge >= 0.3 is 6.09 Å². The SMILES string of the molecule is COc1cnc2c(c1)C(=N[S+]([O-])C(C)(C)C)C1(CCN(C(=O)OC(C)(C)C)CC1)C2. The van der Waals surface area contributed by atoms with Gasteiger partial charge in [0.05, 0.1) is 19.0 Å². The minimum Gasteiger partial charge on any atom is -0.591 e. The van der Waals surface area contributed by atoms with Gasteiger partial charge in [0, 0.05) is 30.5 Å². The number of hydrogen-bond acceptors (Lipinski definition) is 6. The van der Waals surface area contributed by atoms with Crippen molar-refractivity contribution in [1.82, 2.24) is 9.88 Å². The number of hydrogen-bond donors (Lipinski definition) is 0. The van der Waals surface area contributed by atoms with Gasteiger partial charge in [0.15, 0.2) is 0 Å². The van der Waals surface area contributed by atoms with Crippen molar-refractivity contribution >= 4 is 23.2 Å². The molecule has 1 spiro atoms. The Kier molecular flexibility index (Phi) is 6.13. The quantitative estimate of drug-likeness (QED) is 0.657. The van der Waals surface area contributed by atoms with Crippen LogP contribution in [0.5, 0.6) is 5.75 Å². The summed E-state index contributed by atoms with van der Waals surface area (Å²) in [4.78, 5) is 18.9. The van der Waals surface area contributed by atoms with E-state index < -0.39 is 21.7 Å². The summed E-state index contributed by atoms with van der Waals surface area (Å²) >= 11 is -1.39. The number of rotatable bonds is 2. The molecule has 1 aliphatic carbocycles.